The van der Waals surface area contributed by atoms with Gasteiger partial charge in [-0.05, 0) is 24.3 Å². The van der Waals surface area contributed by atoms with Crippen LogP contribution in [0.5, 0.6) is 5.75 Å². The number of hydrogen-bond acceptors (Lipinski definition) is 7. The van der Waals surface area contributed by atoms with Gasteiger partial charge in [-0.1, -0.05) is 11.6 Å². The Balaban J connectivity index is 2.17. The molecule has 0 fully saturated rings. The molecule has 1 N–H and O–H groups in total. The molecule has 136 valence electrons. The number of hydrogen-bond donors (Lipinski definition) is 1. The van der Waals surface area contributed by atoms with Gasteiger partial charge in [-0.15, -0.1) is 11.8 Å². The van der Waals surface area contributed by atoms with E-state index in [1.807, 2.05) is 0 Å². The van der Waals surface area contributed by atoms with E-state index in [2.05, 4.69) is 5.32 Å². The number of nitro groups is 2. The highest BCUT2D eigenvalue weighted by Gasteiger charge is 2.28. The van der Waals surface area contributed by atoms with E-state index in [1.54, 1.807) is 24.3 Å². The second-order valence-corrected chi connectivity index (χ2v) is 6.34. The van der Waals surface area contributed by atoms with Gasteiger partial charge in [-0.25, -0.2) is 0 Å². The minimum Gasteiger partial charge on any atom is -0.485 e. The lowest BCUT2D eigenvalue weighted by Crippen LogP contribution is -2.14. The summed E-state index contributed by atoms with van der Waals surface area (Å²) >= 11 is 7.00. The maximum Gasteiger partial charge on any atom is 0.320 e. The van der Waals surface area contributed by atoms with E-state index in [9.17, 15) is 25.0 Å². The summed E-state index contributed by atoms with van der Waals surface area (Å²) in [5.41, 5.74) is -1.28. The van der Waals surface area contributed by atoms with Crippen molar-refractivity contribution in [1.82, 2.24) is 0 Å². The summed E-state index contributed by atoms with van der Waals surface area (Å²) in [6.07, 6.45) is 0. The Bertz CT molecular complexity index is 824. The van der Waals surface area contributed by atoms with Crippen LogP contribution in [-0.2, 0) is 4.79 Å². The smallest absolute Gasteiger partial charge is 0.320 e. The molecule has 11 heteroatoms. The van der Waals surface area contributed by atoms with Crippen LogP contribution >= 0.6 is 23.4 Å². The largest absolute Gasteiger partial charge is 0.485 e. The zero-order chi connectivity index (χ0) is 19.3. The minimum absolute atomic E-state index is 0.00918. The van der Waals surface area contributed by atoms with Crippen LogP contribution in [0.15, 0.2) is 41.3 Å². The summed E-state index contributed by atoms with van der Waals surface area (Å²) in [6.45, 7) is 0. The molecule has 0 heterocycles. The first kappa shape index (κ1) is 19.5. The molecule has 0 spiro atoms. The molecule has 0 saturated heterocycles. The topological polar surface area (TPSA) is 125 Å². The molecule has 0 radical (unpaired) electrons. The van der Waals surface area contributed by atoms with Gasteiger partial charge in [0.1, 0.15) is 0 Å². The van der Waals surface area contributed by atoms with Gasteiger partial charge in [-0.2, -0.15) is 0 Å². The average molecular weight is 398 g/mol. The van der Waals surface area contributed by atoms with Crippen LogP contribution in [-0.4, -0.2) is 28.6 Å². The molecule has 0 aliphatic rings. The molecule has 2 aromatic carbocycles. The molecular formula is C15H12ClN3O6S. The zero-order valence-electron chi connectivity index (χ0n) is 13.3. The molecule has 0 aromatic heterocycles. The summed E-state index contributed by atoms with van der Waals surface area (Å²) in [6, 6.07) is 8.86. The summed E-state index contributed by atoms with van der Waals surface area (Å²) in [5.74, 6) is -0.942. The summed E-state index contributed by atoms with van der Waals surface area (Å²) < 4.78 is 4.76. The number of nitrogens with one attached hydrogen (secondary N) is 1. The van der Waals surface area contributed by atoms with E-state index >= 15 is 0 Å². The Labute approximate surface area is 156 Å². The fourth-order valence-corrected chi connectivity index (χ4v) is 2.85. The Morgan fingerprint density at radius 3 is 2.15 bits per heavy atom. The highest BCUT2D eigenvalue weighted by atomic mass is 35.5. The Kier molecular flexibility index (Phi) is 6.36. The molecule has 2 rings (SSSR count). The molecule has 26 heavy (non-hydrogen) atoms. The van der Waals surface area contributed by atoms with Crippen molar-refractivity contribution in [1.29, 1.82) is 0 Å². The van der Waals surface area contributed by atoms with E-state index in [0.717, 1.165) is 24.1 Å². The molecule has 0 atom stereocenters. The fourth-order valence-electron chi connectivity index (χ4n) is 2.03. The summed E-state index contributed by atoms with van der Waals surface area (Å²) in [7, 11) is 1.09. The van der Waals surface area contributed by atoms with Crippen LogP contribution in [0, 0.1) is 20.2 Å². The van der Waals surface area contributed by atoms with Crippen LogP contribution in [0.2, 0.25) is 5.02 Å². The number of nitrogens with zero attached hydrogens (tertiary/aromatic N) is 2. The fraction of sp³-hybridized carbons (Fsp3) is 0.133. The van der Waals surface area contributed by atoms with Crippen molar-refractivity contribution in [3.8, 4) is 5.75 Å². The molecule has 0 saturated carbocycles. The first-order valence-electron chi connectivity index (χ1n) is 7.01. The predicted octanol–water partition coefficient (Wildman–Crippen LogP) is 3.90. The normalized spacial score (nSPS) is 10.2. The second kappa shape index (κ2) is 8.50. The molecule has 0 unspecified atom stereocenters. The molecular weight excluding hydrogens is 386 g/mol. The zero-order valence-corrected chi connectivity index (χ0v) is 14.9. The van der Waals surface area contributed by atoms with Crippen molar-refractivity contribution in [3.05, 3.63) is 61.6 Å². The van der Waals surface area contributed by atoms with E-state index < -0.39 is 32.9 Å². The minimum atomic E-state index is -0.816. The van der Waals surface area contributed by atoms with Crippen molar-refractivity contribution in [2.75, 3.05) is 18.2 Å². The van der Waals surface area contributed by atoms with Gasteiger partial charge in [0, 0.05) is 22.1 Å². The second-order valence-electron chi connectivity index (χ2n) is 4.85. The Morgan fingerprint density at radius 2 is 1.69 bits per heavy atom. The number of carbonyl (C=O) groups is 1. The first-order chi connectivity index (χ1) is 12.3. The number of thioether (sulfide) groups is 1. The number of halogens is 1. The van der Waals surface area contributed by atoms with Gasteiger partial charge in [0.05, 0.1) is 28.4 Å². The molecule has 9 nitrogen and oxygen atoms in total. The van der Waals surface area contributed by atoms with Crippen LogP contribution in [0.3, 0.4) is 0 Å². The highest BCUT2D eigenvalue weighted by molar-refractivity contribution is 8.00. The quantitative estimate of drug-likeness (QED) is 0.426. The lowest BCUT2D eigenvalue weighted by Gasteiger charge is -2.08. The lowest BCUT2D eigenvalue weighted by atomic mass is 10.2. The molecule has 2 aromatic rings. The van der Waals surface area contributed by atoms with E-state index in [1.165, 1.54) is 11.8 Å². The molecule has 1 amide bonds. The van der Waals surface area contributed by atoms with Gasteiger partial charge >= 0.3 is 11.4 Å². The van der Waals surface area contributed by atoms with Crippen molar-refractivity contribution < 1.29 is 19.4 Å². The van der Waals surface area contributed by atoms with Gasteiger partial charge in [0.2, 0.25) is 5.91 Å². The number of anilines is 1. The maximum atomic E-state index is 12.0. The number of benzene rings is 2. The molecule has 0 aliphatic carbocycles. The number of nitro benzene ring substituents is 2. The standard InChI is InChI=1S/C15H12ClN3O6S/c1-25-15-12(18(21)22)6-10(7-13(15)19(23)24)17-14(20)8-26-11-4-2-9(16)3-5-11/h2-7H,8H2,1H3,(H,17,20). The third-order valence-electron chi connectivity index (χ3n) is 3.11. The van der Waals surface area contributed by atoms with Crippen LogP contribution in [0.25, 0.3) is 0 Å². The number of ether oxygens (including phenoxy) is 1. The average Bonchev–Trinajstić information content (AvgIpc) is 2.60. The Hall–Kier alpha value is -2.85. The van der Waals surface area contributed by atoms with Crippen LogP contribution < -0.4 is 10.1 Å². The van der Waals surface area contributed by atoms with E-state index in [4.69, 9.17) is 16.3 Å². The number of carbonyl (C=O) groups excluding carboxylic acids is 1. The number of methoxy groups -OCH3 is 1. The van der Waals surface area contributed by atoms with Gasteiger partial charge in [0.15, 0.2) is 0 Å². The number of rotatable bonds is 7. The van der Waals surface area contributed by atoms with Gasteiger partial charge in [-0.3, -0.25) is 25.0 Å². The molecule has 0 bridgehead atoms. The summed E-state index contributed by atoms with van der Waals surface area (Å²) in [5, 5.41) is 25.2. The third kappa shape index (κ3) is 4.83. The van der Waals surface area contributed by atoms with Gasteiger partial charge < -0.3 is 10.1 Å². The van der Waals surface area contributed by atoms with Crippen molar-refractivity contribution in [2.24, 2.45) is 0 Å². The van der Waals surface area contributed by atoms with Crippen LogP contribution in [0.4, 0.5) is 17.1 Å². The van der Waals surface area contributed by atoms with Gasteiger partial charge in [0.25, 0.3) is 5.75 Å². The summed E-state index contributed by atoms with van der Waals surface area (Å²) in [4.78, 5) is 33.4. The molecule has 0 aliphatic heterocycles. The SMILES string of the molecule is COc1c([N+](=O)[O-])cc(NC(=O)CSc2ccc(Cl)cc2)cc1[N+](=O)[O-]. The number of amides is 1. The van der Waals surface area contributed by atoms with Crippen molar-refractivity contribution >= 4 is 46.3 Å². The highest BCUT2D eigenvalue weighted by Crippen LogP contribution is 2.39. The first-order valence-corrected chi connectivity index (χ1v) is 8.37. The monoisotopic (exact) mass is 397 g/mol. The van der Waals surface area contributed by atoms with E-state index in [0.29, 0.717) is 5.02 Å². The maximum absolute atomic E-state index is 12.0. The van der Waals surface area contributed by atoms with Crippen molar-refractivity contribution in [3.63, 3.8) is 0 Å². The third-order valence-corrected chi connectivity index (χ3v) is 4.38. The predicted molar refractivity (Wildman–Crippen MR) is 97.1 cm³/mol. The van der Waals surface area contributed by atoms with Crippen molar-refractivity contribution in [2.45, 2.75) is 4.90 Å². The van der Waals surface area contributed by atoms with E-state index in [-0.39, 0.29) is 11.4 Å². The van der Waals surface area contributed by atoms with Crippen LogP contribution in [0.1, 0.15) is 0 Å². The lowest BCUT2D eigenvalue weighted by molar-refractivity contribution is -0.395. The Morgan fingerprint density at radius 1 is 1.15 bits per heavy atom.